The average Bonchev–Trinajstić information content (AvgIpc) is 3.08. The lowest BCUT2D eigenvalue weighted by Crippen LogP contribution is -2.12. The molecule has 7 nitrogen and oxygen atoms in total. The molecule has 1 heterocycles. The molecule has 1 aromatic heterocycles. The molecule has 23 heavy (non-hydrogen) atoms. The zero-order chi connectivity index (χ0) is 16.8. The number of aliphatic imine (C=N–C) groups is 2. The Morgan fingerprint density at radius 3 is 2.65 bits per heavy atom. The molecule has 1 aliphatic carbocycles. The van der Waals surface area contributed by atoms with E-state index in [1.807, 2.05) is 6.20 Å². The van der Waals surface area contributed by atoms with Gasteiger partial charge in [0.1, 0.15) is 11.5 Å². The second kappa shape index (κ2) is 7.62. The van der Waals surface area contributed by atoms with Gasteiger partial charge in [-0.3, -0.25) is 0 Å². The molecule has 0 atom stereocenters. The Kier molecular flexibility index (Phi) is 5.56. The van der Waals surface area contributed by atoms with Gasteiger partial charge in [0.2, 0.25) is 11.8 Å². The molecule has 1 aliphatic rings. The first-order valence-corrected chi connectivity index (χ1v) is 7.54. The maximum absolute atomic E-state index is 5.92. The maximum Gasteiger partial charge on any atom is 0.221 e. The second-order valence-corrected chi connectivity index (χ2v) is 5.42. The Labute approximate surface area is 136 Å². The summed E-state index contributed by atoms with van der Waals surface area (Å²) in [5.41, 5.74) is 12.4. The molecule has 1 saturated carbocycles. The maximum atomic E-state index is 5.92. The number of ether oxygens (including phenoxy) is 2. The first kappa shape index (κ1) is 16.8. The third-order valence-corrected chi connectivity index (χ3v) is 3.89. The van der Waals surface area contributed by atoms with Gasteiger partial charge in [-0.1, -0.05) is 12.8 Å². The summed E-state index contributed by atoms with van der Waals surface area (Å²) in [5.74, 6) is 2.20. The first-order valence-electron chi connectivity index (χ1n) is 7.54. The number of rotatable bonds is 5. The lowest BCUT2D eigenvalue weighted by Gasteiger charge is -2.17. The Hall–Kier alpha value is -2.57. The predicted octanol–water partition coefficient (Wildman–Crippen LogP) is 2.29. The highest BCUT2D eigenvalue weighted by molar-refractivity contribution is 5.83. The number of guanidine groups is 1. The summed E-state index contributed by atoms with van der Waals surface area (Å²) in [6.45, 7) is 5.02. The summed E-state index contributed by atoms with van der Waals surface area (Å²) >= 11 is 0. The minimum absolute atomic E-state index is 0.00576. The van der Waals surface area contributed by atoms with Crippen molar-refractivity contribution in [2.24, 2.45) is 21.5 Å². The molecular weight excluding hydrogens is 294 g/mol. The van der Waals surface area contributed by atoms with Gasteiger partial charge < -0.3 is 20.9 Å². The van der Waals surface area contributed by atoms with Crippen molar-refractivity contribution in [3.05, 3.63) is 29.4 Å². The minimum atomic E-state index is -0.00576. The van der Waals surface area contributed by atoms with E-state index in [0.717, 1.165) is 18.4 Å². The fourth-order valence-corrected chi connectivity index (χ4v) is 2.63. The van der Waals surface area contributed by atoms with Crippen LogP contribution in [0.15, 0.2) is 33.8 Å². The highest BCUT2D eigenvalue weighted by Crippen LogP contribution is 2.39. The Morgan fingerprint density at radius 1 is 1.35 bits per heavy atom. The SMILES string of the molecule is C=N/C(N)=N\C(N)=C(/C)Oc1cc(OC)ncc1C1CCCC1. The van der Waals surface area contributed by atoms with E-state index in [2.05, 4.69) is 21.7 Å². The molecule has 0 saturated heterocycles. The molecule has 2 rings (SSSR count). The standard InChI is InChI=1S/C16H23N5O2/c1-10(15(17)21-16(18)19-2)23-13-8-14(22-3)20-9-12(13)11-6-4-5-7-11/h8-9,11H,2,4-7,17H2,1,3H3,(H2,18,21)/b15-10+. The van der Waals surface area contributed by atoms with E-state index in [1.54, 1.807) is 20.1 Å². The van der Waals surface area contributed by atoms with Crippen LogP contribution in [-0.2, 0) is 0 Å². The molecule has 1 fully saturated rings. The van der Waals surface area contributed by atoms with Crippen LogP contribution in [0.1, 0.15) is 44.1 Å². The number of methoxy groups -OCH3 is 1. The topological polar surface area (TPSA) is 108 Å². The molecule has 4 N–H and O–H groups in total. The average molecular weight is 317 g/mol. The first-order chi connectivity index (χ1) is 11.0. The van der Waals surface area contributed by atoms with Crippen LogP contribution < -0.4 is 20.9 Å². The summed E-state index contributed by atoms with van der Waals surface area (Å²) < 4.78 is 11.1. The van der Waals surface area contributed by atoms with Crippen molar-refractivity contribution >= 4 is 12.7 Å². The molecule has 0 bridgehead atoms. The summed E-state index contributed by atoms with van der Waals surface area (Å²) in [6.07, 6.45) is 6.52. The number of allylic oxidation sites excluding steroid dienone is 1. The summed E-state index contributed by atoms with van der Waals surface area (Å²) in [7, 11) is 1.57. The van der Waals surface area contributed by atoms with Crippen LogP contribution in [0.3, 0.4) is 0 Å². The zero-order valence-corrected chi connectivity index (χ0v) is 13.6. The van der Waals surface area contributed by atoms with Crippen LogP contribution in [0, 0.1) is 0 Å². The zero-order valence-electron chi connectivity index (χ0n) is 13.6. The van der Waals surface area contributed by atoms with Gasteiger partial charge in [-0.15, -0.1) is 0 Å². The van der Waals surface area contributed by atoms with Crippen LogP contribution in [0.4, 0.5) is 0 Å². The van der Waals surface area contributed by atoms with E-state index in [1.165, 1.54) is 12.8 Å². The number of nitrogens with zero attached hydrogens (tertiary/aromatic N) is 3. The van der Waals surface area contributed by atoms with Crippen LogP contribution in [-0.4, -0.2) is 24.8 Å². The molecular formula is C16H23N5O2. The molecule has 0 amide bonds. The highest BCUT2D eigenvalue weighted by atomic mass is 16.5. The molecule has 1 aromatic rings. The smallest absolute Gasteiger partial charge is 0.221 e. The third-order valence-electron chi connectivity index (χ3n) is 3.89. The molecule has 0 spiro atoms. The Balaban J connectivity index is 2.33. The quantitative estimate of drug-likeness (QED) is 0.492. The second-order valence-electron chi connectivity index (χ2n) is 5.42. The van der Waals surface area contributed by atoms with E-state index in [0.29, 0.717) is 23.3 Å². The predicted molar refractivity (Wildman–Crippen MR) is 90.7 cm³/mol. The normalized spacial score (nSPS) is 16.9. The Bertz CT molecular complexity index is 633. The number of nitrogens with two attached hydrogens (primary N) is 2. The summed E-state index contributed by atoms with van der Waals surface area (Å²) in [4.78, 5) is 11.7. The number of aromatic nitrogens is 1. The fraction of sp³-hybridized carbons (Fsp3) is 0.438. The number of pyridine rings is 1. The van der Waals surface area contributed by atoms with E-state index in [4.69, 9.17) is 20.9 Å². The van der Waals surface area contributed by atoms with Gasteiger partial charge >= 0.3 is 0 Å². The van der Waals surface area contributed by atoms with Gasteiger partial charge in [-0.25, -0.2) is 9.98 Å². The van der Waals surface area contributed by atoms with Gasteiger partial charge in [0.15, 0.2) is 5.82 Å². The van der Waals surface area contributed by atoms with Crippen molar-refractivity contribution in [2.75, 3.05) is 7.11 Å². The molecule has 0 unspecified atom stereocenters. The van der Waals surface area contributed by atoms with Gasteiger partial charge in [0, 0.05) is 17.8 Å². The number of hydrogen-bond donors (Lipinski definition) is 2. The van der Waals surface area contributed by atoms with Gasteiger partial charge in [-0.2, -0.15) is 4.99 Å². The largest absolute Gasteiger partial charge is 0.481 e. The van der Waals surface area contributed by atoms with E-state index < -0.39 is 0 Å². The van der Waals surface area contributed by atoms with Crippen molar-refractivity contribution in [3.63, 3.8) is 0 Å². The summed E-state index contributed by atoms with van der Waals surface area (Å²) in [5, 5.41) is 0. The lowest BCUT2D eigenvalue weighted by molar-refractivity contribution is 0.379. The molecule has 0 aliphatic heterocycles. The van der Waals surface area contributed by atoms with E-state index >= 15 is 0 Å². The van der Waals surface area contributed by atoms with Crippen LogP contribution in [0.25, 0.3) is 0 Å². The lowest BCUT2D eigenvalue weighted by atomic mass is 9.98. The van der Waals surface area contributed by atoms with E-state index in [-0.39, 0.29) is 11.8 Å². The monoisotopic (exact) mass is 317 g/mol. The molecule has 124 valence electrons. The van der Waals surface area contributed by atoms with Crippen LogP contribution in [0.2, 0.25) is 0 Å². The third kappa shape index (κ3) is 4.21. The van der Waals surface area contributed by atoms with Crippen molar-refractivity contribution in [1.29, 1.82) is 0 Å². The van der Waals surface area contributed by atoms with Gasteiger partial charge in [0.05, 0.1) is 7.11 Å². The highest BCUT2D eigenvalue weighted by Gasteiger charge is 2.22. The molecule has 0 radical (unpaired) electrons. The minimum Gasteiger partial charge on any atom is -0.481 e. The van der Waals surface area contributed by atoms with Gasteiger partial charge in [-0.05, 0) is 32.4 Å². The van der Waals surface area contributed by atoms with Crippen LogP contribution >= 0.6 is 0 Å². The van der Waals surface area contributed by atoms with Crippen LogP contribution in [0.5, 0.6) is 11.6 Å². The van der Waals surface area contributed by atoms with Crippen molar-refractivity contribution in [3.8, 4) is 11.6 Å². The molecule has 0 aromatic carbocycles. The molecule has 7 heteroatoms. The number of hydrogen-bond acceptors (Lipinski definition) is 5. The van der Waals surface area contributed by atoms with Crippen molar-refractivity contribution < 1.29 is 9.47 Å². The Morgan fingerprint density at radius 2 is 2.04 bits per heavy atom. The van der Waals surface area contributed by atoms with E-state index in [9.17, 15) is 0 Å². The summed E-state index contributed by atoms with van der Waals surface area (Å²) in [6, 6.07) is 1.77. The van der Waals surface area contributed by atoms with Gasteiger partial charge in [0.25, 0.3) is 0 Å². The fourth-order valence-electron chi connectivity index (χ4n) is 2.63. The van der Waals surface area contributed by atoms with Crippen molar-refractivity contribution in [2.45, 2.75) is 38.5 Å². The van der Waals surface area contributed by atoms with Crippen molar-refractivity contribution in [1.82, 2.24) is 4.98 Å².